The molecule has 0 aliphatic rings. The van der Waals surface area contributed by atoms with Crippen LogP contribution in [0.2, 0.25) is 0 Å². The highest BCUT2D eigenvalue weighted by molar-refractivity contribution is 5.13. The SMILES string of the molecule is CCCCCCn1ccc(C(O)CCC)c1. The van der Waals surface area contributed by atoms with Crippen molar-refractivity contribution in [3.05, 3.63) is 24.0 Å². The van der Waals surface area contributed by atoms with E-state index in [-0.39, 0.29) is 6.10 Å². The first-order valence-electron chi connectivity index (χ1n) is 6.61. The fourth-order valence-corrected chi connectivity index (χ4v) is 1.96. The highest BCUT2D eigenvalue weighted by Crippen LogP contribution is 2.18. The Bertz CT molecular complexity index is 280. The van der Waals surface area contributed by atoms with Gasteiger partial charge in [-0.05, 0) is 24.5 Å². The summed E-state index contributed by atoms with van der Waals surface area (Å²) in [6.07, 6.45) is 10.9. The molecule has 0 saturated carbocycles. The van der Waals surface area contributed by atoms with Crippen molar-refractivity contribution in [3.8, 4) is 0 Å². The van der Waals surface area contributed by atoms with Gasteiger partial charge in [0.15, 0.2) is 0 Å². The van der Waals surface area contributed by atoms with Gasteiger partial charge < -0.3 is 9.67 Å². The summed E-state index contributed by atoms with van der Waals surface area (Å²) in [5, 5.41) is 9.83. The van der Waals surface area contributed by atoms with Crippen LogP contribution in [0.1, 0.15) is 64.0 Å². The molecule has 1 N–H and O–H groups in total. The Kier molecular flexibility index (Phi) is 6.24. The zero-order valence-electron chi connectivity index (χ0n) is 10.7. The van der Waals surface area contributed by atoms with Crippen LogP contribution in [-0.2, 0) is 6.54 Å². The van der Waals surface area contributed by atoms with Crippen molar-refractivity contribution in [2.75, 3.05) is 0 Å². The third-order valence-corrected chi connectivity index (χ3v) is 2.99. The minimum Gasteiger partial charge on any atom is -0.388 e. The number of aliphatic hydroxyl groups is 1. The largest absolute Gasteiger partial charge is 0.388 e. The normalized spacial score (nSPS) is 12.9. The van der Waals surface area contributed by atoms with Gasteiger partial charge in [-0.1, -0.05) is 39.5 Å². The molecule has 92 valence electrons. The summed E-state index contributed by atoms with van der Waals surface area (Å²) in [6, 6.07) is 2.04. The van der Waals surface area contributed by atoms with Crippen LogP contribution >= 0.6 is 0 Å². The second-order valence-electron chi connectivity index (χ2n) is 4.55. The molecule has 0 amide bonds. The van der Waals surface area contributed by atoms with Gasteiger partial charge >= 0.3 is 0 Å². The first-order valence-corrected chi connectivity index (χ1v) is 6.61. The summed E-state index contributed by atoms with van der Waals surface area (Å²) >= 11 is 0. The number of aryl methyl sites for hydroxylation is 1. The Balaban J connectivity index is 2.33. The number of unbranched alkanes of at least 4 members (excludes halogenated alkanes) is 3. The highest BCUT2D eigenvalue weighted by Gasteiger charge is 2.07. The van der Waals surface area contributed by atoms with Crippen molar-refractivity contribution in [3.63, 3.8) is 0 Å². The predicted octanol–water partition coefficient (Wildman–Crippen LogP) is 3.90. The van der Waals surface area contributed by atoms with E-state index in [1.807, 2.05) is 6.07 Å². The maximum Gasteiger partial charge on any atom is 0.0804 e. The van der Waals surface area contributed by atoms with Crippen molar-refractivity contribution in [1.29, 1.82) is 0 Å². The summed E-state index contributed by atoms with van der Waals surface area (Å²) in [5.74, 6) is 0. The van der Waals surface area contributed by atoms with Crippen LogP contribution in [-0.4, -0.2) is 9.67 Å². The molecule has 1 rings (SSSR count). The van der Waals surface area contributed by atoms with E-state index >= 15 is 0 Å². The van der Waals surface area contributed by atoms with Crippen molar-refractivity contribution in [1.82, 2.24) is 4.57 Å². The molecule has 1 aromatic rings. The summed E-state index contributed by atoms with van der Waals surface area (Å²) in [6.45, 7) is 5.42. The number of hydrogen-bond acceptors (Lipinski definition) is 1. The molecule has 1 aromatic heterocycles. The molecule has 1 heterocycles. The average molecular weight is 223 g/mol. The second kappa shape index (κ2) is 7.50. The molecule has 0 spiro atoms. The molecule has 1 unspecified atom stereocenters. The van der Waals surface area contributed by atoms with E-state index in [1.54, 1.807) is 0 Å². The zero-order valence-corrected chi connectivity index (χ0v) is 10.7. The van der Waals surface area contributed by atoms with Crippen LogP contribution in [0, 0.1) is 0 Å². The Morgan fingerprint density at radius 3 is 2.69 bits per heavy atom. The molecule has 2 nitrogen and oxygen atoms in total. The number of aliphatic hydroxyl groups excluding tert-OH is 1. The second-order valence-corrected chi connectivity index (χ2v) is 4.55. The summed E-state index contributed by atoms with van der Waals surface area (Å²) < 4.78 is 2.20. The third-order valence-electron chi connectivity index (χ3n) is 2.99. The number of aromatic nitrogens is 1. The molecule has 0 aromatic carbocycles. The van der Waals surface area contributed by atoms with E-state index in [0.717, 1.165) is 24.9 Å². The van der Waals surface area contributed by atoms with Crippen LogP contribution in [0.25, 0.3) is 0 Å². The van der Waals surface area contributed by atoms with Gasteiger partial charge in [-0.15, -0.1) is 0 Å². The molecular weight excluding hydrogens is 198 g/mol. The summed E-state index contributed by atoms with van der Waals surface area (Å²) in [4.78, 5) is 0. The van der Waals surface area contributed by atoms with E-state index in [2.05, 4.69) is 30.8 Å². The maximum absolute atomic E-state index is 9.83. The van der Waals surface area contributed by atoms with Crippen molar-refractivity contribution in [2.24, 2.45) is 0 Å². The third kappa shape index (κ3) is 4.40. The molecule has 0 fully saturated rings. The smallest absolute Gasteiger partial charge is 0.0804 e. The fourth-order valence-electron chi connectivity index (χ4n) is 1.96. The minimum atomic E-state index is -0.276. The highest BCUT2D eigenvalue weighted by atomic mass is 16.3. The fraction of sp³-hybridized carbons (Fsp3) is 0.714. The monoisotopic (exact) mass is 223 g/mol. The van der Waals surface area contributed by atoms with Crippen LogP contribution in [0.3, 0.4) is 0 Å². The van der Waals surface area contributed by atoms with Gasteiger partial charge in [-0.25, -0.2) is 0 Å². The average Bonchev–Trinajstić information content (AvgIpc) is 2.73. The molecule has 16 heavy (non-hydrogen) atoms. The van der Waals surface area contributed by atoms with E-state index in [1.165, 1.54) is 25.7 Å². The number of nitrogens with zero attached hydrogens (tertiary/aromatic N) is 1. The van der Waals surface area contributed by atoms with E-state index in [9.17, 15) is 5.11 Å². The molecule has 0 saturated heterocycles. The molecule has 1 atom stereocenters. The van der Waals surface area contributed by atoms with Gasteiger partial charge in [0.2, 0.25) is 0 Å². The van der Waals surface area contributed by atoms with Crippen LogP contribution in [0.4, 0.5) is 0 Å². The van der Waals surface area contributed by atoms with Gasteiger partial charge in [0.1, 0.15) is 0 Å². The van der Waals surface area contributed by atoms with Gasteiger partial charge in [-0.3, -0.25) is 0 Å². The topological polar surface area (TPSA) is 25.2 Å². The van der Waals surface area contributed by atoms with Crippen LogP contribution in [0.5, 0.6) is 0 Å². The standard InChI is InChI=1S/C14H25NO/c1-3-5-6-7-10-15-11-9-13(12-15)14(16)8-4-2/h9,11-12,14,16H,3-8,10H2,1-2H3. The lowest BCUT2D eigenvalue weighted by Gasteiger charge is -2.06. The lowest BCUT2D eigenvalue weighted by Crippen LogP contribution is -1.97. The van der Waals surface area contributed by atoms with Crippen molar-refractivity contribution < 1.29 is 5.11 Å². The van der Waals surface area contributed by atoms with Crippen LogP contribution in [0.15, 0.2) is 18.5 Å². The lowest BCUT2D eigenvalue weighted by atomic mass is 10.1. The molecule has 2 heteroatoms. The minimum absolute atomic E-state index is 0.276. The zero-order chi connectivity index (χ0) is 11.8. The Hall–Kier alpha value is -0.760. The van der Waals surface area contributed by atoms with Gasteiger partial charge in [0.05, 0.1) is 6.10 Å². The van der Waals surface area contributed by atoms with E-state index in [0.29, 0.717) is 0 Å². The molecule has 0 radical (unpaired) electrons. The first-order chi connectivity index (χ1) is 7.77. The number of hydrogen-bond donors (Lipinski definition) is 1. The number of rotatable bonds is 8. The Labute approximate surface area is 99.3 Å². The van der Waals surface area contributed by atoms with Crippen molar-refractivity contribution >= 4 is 0 Å². The van der Waals surface area contributed by atoms with Gasteiger partial charge in [-0.2, -0.15) is 0 Å². The molecule has 0 aliphatic heterocycles. The maximum atomic E-state index is 9.83. The first kappa shape index (κ1) is 13.3. The summed E-state index contributed by atoms with van der Waals surface area (Å²) in [7, 11) is 0. The van der Waals surface area contributed by atoms with E-state index < -0.39 is 0 Å². The van der Waals surface area contributed by atoms with Crippen LogP contribution < -0.4 is 0 Å². The molecule has 0 bridgehead atoms. The predicted molar refractivity (Wildman–Crippen MR) is 68.4 cm³/mol. The Morgan fingerprint density at radius 1 is 1.19 bits per heavy atom. The van der Waals surface area contributed by atoms with Gasteiger partial charge in [0.25, 0.3) is 0 Å². The van der Waals surface area contributed by atoms with Crippen molar-refractivity contribution in [2.45, 2.75) is 65.0 Å². The molecular formula is C14H25NO. The Morgan fingerprint density at radius 2 is 2.00 bits per heavy atom. The quantitative estimate of drug-likeness (QED) is 0.664. The van der Waals surface area contributed by atoms with E-state index in [4.69, 9.17) is 0 Å². The van der Waals surface area contributed by atoms with Gasteiger partial charge in [0, 0.05) is 18.9 Å². The summed E-state index contributed by atoms with van der Waals surface area (Å²) in [5.41, 5.74) is 1.07. The lowest BCUT2D eigenvalue weighted by molar-refractivity contribution is 0.166. The molecule has 0 aliphatic carbocycles.